The molecule has 6 heteroatoms. The van der Waals surface area contributed by atoms with E-state index in [2.05, 4.69) is 5.32 Å². The number of aryl methyl sites for hydroxylation is 1. The van der Waals surface area contributed by atoms with Crippen molar-refractivity contribution in [2.24, 2.45) is 0 Å². The molecule has 1 atom stereocenters. The van der Waals surface area contributed by atoms with Gasteiger partial charge in [-0.1, -0.05) is 49.7 Å². The van der Waals surface area contributed by atoms with E-state index in [0.29, 0.717) is 5.69 Å². The van der Waals surface area contributed by atoms with Crippen molar-refractivity contribution in [3.8, 4) is 0 Å². The van der Waals surface area contributed by atoms with Crippen LogP contribution in [0, 0.1) is 6.92 Å². The first kappa shape index (κ1) is 20.0. The van der Waals surface area contributed by atoms with Crippen molar-refractivity contribution in [2.75, 3.05) is 10.8 Å². The molecule has 2 aromatic carbocycles. The highest BCUT2D eigenvalue weighted by Crippen LogP contribution is 2.26. The van der Waals surface area contributed by atoms with Gasteiger partial charge in [-0.25, -0.2) is 8.42 Å². The van der Waals surface area contributed by atoms with Crippen LogP contribution in [0.15, 0.2) is 59.5 Å². The maximum Gasteiger partial charge on any atom is 0.264 e. The maximum atomic E-state index is 13.2. The molecule has 26 heavy (non-hydrogen) atoms. The van der Waals surface area contributed by atoms with Crippen molar-refractivity contribution in [1.82, 2.24) is 5.32 Å². The van der Waals surface area contributed by atoms with Crippen molar-refractivity contribution in [1.29, 1.82) is 0 Å². The molecule has 2 rings (SSSR count). The van der Waals surface area contributed by atoms with E-state index < -0.39 is 10.0 Å². The van der Waals surface area contributed by atoms with E-state index in [1.54, 1.807) is 30.3 Å². The number of amides is 1. The summed E-state index contributed by atoms with van der Waals surface area (Å²) in [7, 11) is -3.85. The summed E-state index contributed by atoms with van der Waals surface area (Å²) in [5.74, 6) is -0.311. The predicted molar refractivity (Wildman–Crippen MR) is 105 cm³/mol. The number of anilines is 1. The van der Waals surface area contributed by atoms with E-state index >= 15 is 0 Å². The summed E-state index contributed by atoms with van der Waals surface area (Å²) >= 11 is 0. The Balaban J connectivity index is 2.38. The van der Waals surface area contributed by atoms with Gasteiger partial charge in [-0.2, -0.15) is 0 Å². The normalized spacial score (nSPS) is 12.4. The molecule has 0 heterocycles. The van der Waals surface area contributed by atoms with Crippen molar-refractivity contribution in [3.63, 3.8) is 0 Å². The molecule has 140 valence electrons. The van der Waals surface area contributed by atoms with Gasteiger partial charge in [-0.15, -0.1) is 0 Å². The van der Waals surface area contributed by atoms with Crippen LogP contribution in [0.4, 0.5) is 5.69 Å². The minimum Gasteiger partial charge on any atom is -0.352 e. The van der Waals surface area contributed by atoms with Crippen LogP contribution in [0.2, 0.25) is 0 Å². The van der Waals surface area contributed by atoms with Gasteiger partial charge >= 0.3 is 0 Å². The molecule has 0 aliphatic heterocycles. The van der Waals surface area contributed by atoms with Gasteiger partial charge in [-0.3, -0.25) is 9.10 Å². The summed E-state index contributed by atoms with van der Waals surface area (Å²) in [5.41, 5.74) is 1.30. The standard InChI is InChI=1S/C20H26N2O3S/c1-4-10-17(3)21-20(23)15-22(19-14-9-8-11-16(19)2)26(24,25)18-12-6-5-7-13-18/h5-9,11-14,17H,4,10,15H2,1-3H3,(H,21,23)/t17-/m1/s1. The Labute approximate surface area is 156 Å². The van der Waals surface area contributed by atoms with Gasteiger partial charge in [0.2, 0.25) is 5.91 Å². The molecule has 0 saturated heterocycles. The van der Waals surface area contributed by atoms with Crippen LogP contribution in [0.1, 0.15) is 32.3 Å². The summed E-state index contributed by atoms with van der Waals surface area (Å²) in [6.07, 6.45) is 1.80. The zero-order valence-corrected chi connectivity index (χ0v) is 16.3. The smallest absolute Gasteiger partial charge is 0.264 e. The highest BCUT2D eigenvalue weighted by atomic mass is 32.2. The number of hydrogen-bond donors (Lipinski definition) is 1. The van der Waals surface area contributed by atoms with Crippen molar-refractivity contribution >= 4 is 21.6 Å². The molecule has 0 unspecified atom stereocenters. The lowest BCUT2D eigenvalue weighted by Crippen LogP contribution is -2.43. The summed E-state index contributed by atoms with van der Waals surface area (Å²) in [5, 5.41) is 2.88. The van der Waals surface area contributed by atoms with Crippen molar-refractivity contribution in [2.45, 2.75) is 44.6 Å². The number of benzene rings is 2. The third-order valence-corrected chi connectivity index (χ3v) is 5.91. The first-order chi connectivity index (χ1) is 12.4. The molecular formula is C20H26N2O3S. The third kappa shape index (κ3) is 4.85. The summed E-state index contributed by atoms with van der Waals surface area (Å²) < 4.78 is 27.5. The average Bonchev–Trinajstić information content (AvgIpc) is 2.61. The monoisotopic (exact) mass is 374 g/mol. The first-order valence-electron chi connectivity index (χ1n) is 8.79. The third-order valence-electron chi connectivity index (χ3n) is 4.13. The van der Waals surface area contributed by atoms with Gasteiger partial charge < -0.3 is 5.32 Å². The number of carbonyl (C=O) groups is 1. The minimum absolute atomic E-state index is 0.00523. The van der Waals surface area contributed by atoms with Gasteiger partial charge in [0.05, 0.1) is 10.6 Å². The fourth-order valence-corrected chi connectivity index (χ4v) is 4.33. The van der Waals surface area contributed by atoms with Crippen molar-refractivity contribution < 1.29 is 13.2 Å². The zero-order valence-electron chi connectivity index (χ0n) is 15.5. The van der Waals surface area contributed by atoms with E-state index in [4.69, 9.17) is 0 Å². The van der Waals surface area contributed by atoms with E-state index in [9.17, 15) is 13.2 Å². The molecule has 0 spiro atoms. The number of hydrogen-bond acceptors (Lipinski definition) is 3. The Morgan fingerprint density at radius 2 is 1.69 bits per heavy atom. The Morgan fingerprint density at radius 3 is 2.31 bits per heavy atom. The fourth-order valence-electron chi connectivity index (χ4n) is 2.82. The Kier molecular flexibility index (Phi) is 6.80. The van der Waals surface area contributed by atoms with Crippen LogP contribution in [-0.2, 0) is 14.8 Å². The highest BCUT2D eigenvalue weighted by Gasteiger charge is 2.28. The van der Waals surface area contributed by atoms with E-state index in [-0.39, 0.29) is 23.4 Å². The second-order valence-corrected chi connectivity index (χ2v) is 8.23. The van der Waals surface area contributed by atoms with Crippen LogP contribution in [0.3, 0.4) is 0 Å². The first-order valence-corrected chi connectivity index (χ1v) is 10.2. The number of carbonyl (C=O) groups excluding carboxylic acids is 1. The fraction of sp³-hybridized carbons (Fsp3) is 0.350. The number of para-hydroxylation sites is 1. The largest absolute Gasteiger partial charge is 0.352 e. The number of rotatable bonds is 8. The van der Waals surface area contributed by atoms with Crippen LogP contribution in [0.5, 0.6) is 0 Å². The topological polar surface area (TPSA) is 66.5 Å². The highest BCUT2D eigenvalue weighted by molar-refractivity contribution is 7.92. The van der Waals surface area contributed by atoms with Crippen LogP contribution in [-0.4, -0.2) is 26.9 Å². The number of sulfonamides is 1. The lowest BCUT2D eigenvalue weighted by Gasteiger charge is -2.26. The van der Waals surface area contributed by atoms with Crippen LogP contribution < -0.4 is 9.62 Å². The molecule has 5 nitrogen and oxygen atoms in total. The van der Waals surface area contributed by atoms with Gasteiger partial charge in [0, 0.05) is 6.04 Å². The molecule has 1 N–H and O–H groups in total. The molecule has 0 radical (unpaired) electrons. The van der Waals surface area contributed by atoms with Gasteiger partial charge in [0.25, 0.3) is 10.0 Å². The second-order valence-electron chi connectivity index (χ2n) is 6.37. The van der Waals surface area contributed by atoms with Gasteiger partial charge in [0.15, 0.2) is 0 Å². The average molecular weight is 375 g/mol. The van der Waals surface area contributed by atoms with E-state index in [0.717, 1.165) is 18.4 Å². The second kappa shape index (κ2) is 8.85. The summed E-state index contributed by atoms with van der Waals surface area (Å²) in [6.45, 7) is 5.55. The lowest BCUT2D eigenvalue weighted by molar-refractivity contribution is -0.120. The molecule has 0 bridgehead atoms. The van der Waals surface area contributed by atoms with E-state index in [1.807, 2.05) is 32.9 Å². The van der Waals surface area contributed by atoms with Gasteiger partial charge in [-0.05, 0) is 44.0 Å². The predicted octanol–water partition coefficient (Wildman–Crippen LogP) is 3.50. The quantitative estimate of drug-likeness (QED) is 0.769. The molecule has 0 saturated carbocycles. The SMILES string of the molecule is CCC[C@@H](C)NC(=O)CN(c1ccccc1C)S(=O)(=O)c1ccccc1. The molecule has 0 aliphatic rings. The molecule has 0 fully saturated rings. The molecule has 2 aromatic rings. The Hall–Kier alpha value is -2.34. The summed E-state index contributed by atoms with van der Waals surface area (Å²) in [4.78, 5) is 12.6. The maximum absolute atomic E-state index is 13.2. The Morgan fingerprint density at radius 1 is 1.08 bits per heavy atom. The van der Waals surface area contributed by atoms with Gasteiger partial charge in [0.1, 0.15) is 6.54 Å². The summed E-state index contributed by atoms with van der Waals surface area (Å²) in [6, 6.07) is 15.4. The molecular weight excluding hydrogens is 348 g/mol. The molecule has 1 amide bonds. The van der Waals surface area contributed by atoms with Crippen LogP contribution >= 0.6 is 0 Å². The van der Waals surface area contributed by atoms with Crippen molar-refractivity contribution in [3.05, 3.63) is 60.2 Å². The Bertz CT molecular complexity index is 835. The minimum atomic E-state index is -3.85. The molecule has 0 aliphatic carbocycles. The van der Waals surface area contributed by atoms with E-state index in [1.165, 1.54) is 16.4 Å². The number of nitrogens with one attached hydrogen (secondary N) is 1. The van der Waals surface area contributed by atoms with Crippen LogP contribution in [0.25, 0.3) is 0 Å². The lowest BCUT2D eigenvalue weighted by atomic mass is 10.2. The molecule has 0 aromatic heterocycles. The number of nitrogens with zero attached hydrogens (tertiary/aromatic N) is 1. The zero-order chi connectivity index (χ0) is 19.2.